The molecule has 0 spiro atoms. The van der Waals surface area contributed by atoms with Gasteiger partial charge < -0.3 is 5.32 Å². The van der Waals surface area contributed by atoms with E-state index >= 15 is 0 Å². The molecule has 0 saturated heterocycles. The zero-order valence-corrected chi connectivity index (χ0v) is 15.8. The molecule has 1 aromatic heterocycles. The summed E-state index contributed by atoms with van der Waals surface area (Å²) in [5.74, 6) is -0.343. The van der Waals surface area contributed by atoms with Crippen molar-refractivity contribution in [1.82, 2.24) is 20.2 Å². The molecule has 28 heavy (non-hydrogen) atoms. The summed E-state index contributed by atoms with van der Waals surface area (Å²) in [6.07, 6.45) is 0. The molecule has 0 aliphatic rings. The average Bonchev–Trinajstić information content (AvgIpc) is 3.10. The van der Waals surface area contributed by atoms with Gasteiger partial charge in [0, 0.05) is 22.2 Å². The first-order chi connectivity index (χ1) is 13.2. The molecule has 0 saturated carbocycles. The van der Waals surface area contributed by atoms with Gasteiger partial charge in [-0.05, 0) is 53.7 Å². The number of benzene rings is 2. The minimum absolute atomic E-state index is 0.0815. The van der Waals surface area contributed by atoms with Crippen LogP contribution < -0.4 is 5.32 Å². The molecule has 0 unspecified atom stereocenters. The van der Waals surface area contributed by atoms with Crippen LogP contribution in [0, 0.1) is 11.2 Å². The molecule has 2 aromatic carbocycles. The lowest BCUT2D eigenvalue weighted by molar-refractivity contribution is -0.123. The third-order valence-electron chi connectivity index (χ3n) is 3.99. The molecular weight excluding hydrogens is 361 g/mol. The van der Waals surface area contributed by atoms with E-state index in [0.717, 1.165) is 0 Å². The first kappa shape index (κ1) is 19.3. The number of hydrogen-bond donors (Lipinski definition) is 1. The maximum Gasteiger partial charge on any atom is 0.229 e. The molecule has 144 valence electrons. The fraction of sp³-hybridized carbons (Fsp3) is 0.250. The Hall–Kier alpha value is -3.42. The van der Waals surface area contributed by atoms with Crippen LogP contribution in [-0.4, -0.2) is 31.9 Å². The van der Waals surface area contributed by atoms with Crippen LogP contribution >= 0.6 is 0 Å². The molecular formula is C20H20FN5O2. The molecule has 0 radical (unpaired) electrons. The van der Waals surface area contributed by atoms with E-state index in [4.69, 9.17) is 0 Å². The fourth-order valence-corrected chi connectivity index (χ4v) is 2.30. The molecule has 8 heteroatoms. The smallest absolute Gasteiger partial charge is 0.229 e. The Bertz CT molecular complexity index is 989. The first-order valence-corrected chi connectivity index (χ1v) is 8.71. The lowest BCUT2D eigenvalue weighted by atomic mass is 9.95. The van der Waals surface area contributed by atoms with E-state index in [9.17, 15) is 14.0 Å². The SMILES string of the molecule is CC(C)(C)C(=O)Nc1ccc(C(=O)Cn2nnc(-c3ccc(F)cc3)n2)cc1. The lowest BCUT2D eigenvalue weighted by Crippen LogP contribution is -2.27. The van der Waals surface area contributed by atoms with Gasteiger partial charge in [0.25, 0.3) is 0 Å². The molecule has 0 atom stereocenters. The van der Waals surface area contributed by atoms with Gasteiger partial charge >= 0.3 is 0 Å². The zero-order valence-electron chi connectivity index (χ0n) is 15.8. The molecule has 0 fully saturated rings. The van der Waals surface area contributed by atoms with Gasteiger partial charge in [-0.15, -0.1) is 10.2 Å². The van der Waals surface area contributed by atoms with Gasteiger partial charge in [0.05, 0.1) is 0 Å². The van der Waals surface area contributed by atoms with Crippen molar-refractivity contribution < 1.29 is 14.0 Å². The van der Waals surface area contributed by atoms with Crippen LogP contribution in [-0.2, 0) is 11.3 Å². The Kier molecular flexibility index (Phi) is 5.30. The van der Waals surface area contributed by atoms with Crippen LogP contribution in [0.5, 0.6) is 0 Å². The number of carbonyl (C=O) groups is 2. The quantitative estimate of drug-likeness (QED) is 0.685. The summed E-state index contributed by atoms with van der Waals surface area (Å²) in [6, 6.07) is 12.3. The molecule has 1 heterocycles. The predicted octanol–water partition coefficient (Wildman–Crippen LogP) is 3.35. The van der Waals surface area contributed by atoms with Crippen LogP contribution in [0.2, 0.25) is 0 Å². The summed E-state index contributed by atoms with van der Waals surface area (Å²) in [4.78, 5) is 25.6. The monoisotopic (exact) mass is 381 g/mol. The van der Waals surface area contributed by atoms with Crippen molar-refractivity contribution in [3.63, 3.8) is 0 Å². The fourth-order valence-electron chi connectivity index (χ4n) is 2.30. The topological polar surface area (TPSA) is 89.8 Å². The first-order valence-electron chi connectivity index (χ1n) is 8.71. The van der Waals surface area contributed by atoms with Crippen molar-refractivity contribution in [3.05, 3.63) is 59.9 Å². The number of aromatic nitrogens is 4. The molecule has 3 rings (SSSR count). The summed E-state index contributed by atoms with van der Waals surface area (Å²) in [5, 5.41) is 14.7. The third kappa shape index (κ3) is 4.64. The van der Waals surface area contributed by atoms with Crippen LogP contribution in [0.15, 0.2) is 48.5 Å². The van der Waals surface area contributed by atoms with E-state index in [2.05, 4.69) is 20.7 Å². The number of tetrazole rings is 1. The highest BCUT2D eigenvalue weighted by molar-refractivity contribution is 5.97. The van der Waals surface area contributed by atoms with Crippen molar-refractivity contribution in [2.24, 2.45) is 5.41 Å². The summed E-state index contributed by atoms with van der Waals surface area (Å²) < 4.78 is 13.0. The second-order valence-electron chi connectivity index (χ2n) is 7.35. The minimum Gasteiger partial charge on any atom is -0.326 e. The Morgan fingerprint density at radius 3 is 2.29 bits per heavy atom. The lowest BCUT2D eigenvalue weighted by Gasteiger charge is -2.17. The minimum atomic E-state index is -0.504. The summed E-state index contributed by atoms with van der Waals surface area (Å²) >= 11 is 0. The number of amides is 1. The van der Waals surface area contributed by atoms with Crippen molar-refractivity contribution in [2.75, 3.05) is 5.32 Å². The maximum absolute atomic E-state index is 13.0. The van der Waals surface area contributed by atoms with E-state index in [-0.39, 0.29) is 24.1 Å². The number of carbonyl (C=O) groups excluding carboxylic acids is 2. The molecule has 1 amide bonds. The van der Waals surface area contributed by atoms with Crippen molar-refractivity contribution in [2.45, 2.75) is 27.3 Å². The van der Waals surface area contributed by atoms with Gasteiger partial charge in [-0.3, -0.25) is 9.59 Å². The third-order valence-corrected chi connectivity index (χ3v) is 3.99. The van der Waals surface area contributed by atoms with E-state index in [1.807, 2.05) is 20.8 Å². The number of anilines is 1. The Morgan fingerprint density at radius 2 is 1.68 bits per heavy atom. The van der Waals surface area contributed by atoms with Crippen LogP contribution in [0.4, 0.5) is 10.1 Å². The van der Waals surface area contributed by atoms with E-state index in [1.165, 1.54) is 16.9 Å². The van der Waals surface area contributed by atoms with Crippen LogP contribution in [0.1, 0.15) is 31.1 Å². The molecule has 7 nitrogen and oxygen atoms in total. The second kappa shape index (κ2) is 7.67. The molecule has 3 aromatic rings. The predicted molar refractivity (Wildman–Crippen MR) is 102 cm³/mol. The van der Waals surface area contributed by atoms with Crippen LogP contribution in [0.3, 0.4) is 0 Å². The average molecular weight is 381 g/mol. The molecule has 0 bridgehead atoms. The number of rotatable bonds is 5. The normalized spacial score (nSPS) is 11.3. The molecule has 1 N–H and O–H groups in total. The summed E-state index contributed by atoms with van der Waals surface area (Å²) in [5.41, 5.74) is 1.19. The van der Waals surface area contributed by atoms with Gasteiger partial charge in [0.1, 0.15) is 12.4 Å². The highest BCUT2D eigenvalue weighted by Gasteiger charge is 2.21. The van der Waals surface area contributed by atoms with E-state index < -0.39 is 5.41 Å². The Balaban J connectivity index is 1.65. The Labute approximate surface area is 161 Å². The second-order valence-corrected chi connectivity index (χ2v) is 7.35. The number of halogens is 1. The molecule has 0 aliphatic carbocycles. The van der Waals surface area contributed by atoms with Crippen LogP contribution in [0.25, 0.3) is 11.4 Å². The number of Topliss-reactive ketones (excluding diaryl/α,β-unsaturated/α-hetero) is 1. The number of nitrogens with zero attached hydrogens (tertiary/aromatic N) is 4. The largest absolute Gasteiger partial charge is 0.326 e. The standard InChI is InChI=1S/C20H20FN5O2/c1-20(2,3)19(28)22-16-10-6-13(7-11-16)17(27)12-26-24-18(23-25-26)14-4-8-15(21)9-5-14/h4-11H,12H2,1-3H3,(H,22,28). The Morgan fingerprint density at radius 1 is 1.04 bits per heavy atom. The van der Waals surface area contributed by atoms with Gasteiger partial charge in [-0.25, -0.2) is 4.39 Å². The van der Waals surface area contributed by atoms with Gasteiger partial charge in [-0.1, -0.05) is 20.8 Å². The molecule has 0 aliphatic heterocycles. The summed E-state index contributed by atoms with van der Waals surface area (Å²) in [7, 11) is 0. The van der Waals surface area contributed by atoms with E-state index in [0.29, 0.717) is 22.6 Å². The van der Waals surface area contributed by atoms with Gasteiger partial charge in [0.15, 0.2) is 5.78 Å². The van der Waals surface area contributed by atoms with Crippen molar-refractivity contribution in [1.29, 1.82) is 0 Å². The van der Waals surface area contributed by atoms with Gasteiger partial charge in [-0.2, -0.15) is 4.80 Å². The highest BCUT2D eigenvalue weighted by atomic mass is 19.1. The number of hydrogen-bond acceptors (Lipinski definition) is 5. The number of nitrogens with one attached hydrogen (secondary N) is 1. The van der Waals surface area contributed by atoms with Crippen molar-refractivity contribution in [3.8, 4) is 11.4 Å². The van der Waals surface area contributed by atoms with E-state index in [1.54, 1.807) is 36.4 Å². The number of ketones is 1. The zero-order chi connectivity index (χ0) is 20.3. The van der Waals surface area contributed by atoms with Crippen molar-refractivity contribution >= 4 is 17.4 Å². The summed E-state index contributed by atoms with van der Waals surface area (Å²) in [6.45, 7) is 5.39. The highest BCUT2D eigenvalue weighted by Crippen LogP contribution is 2.18. The van der Waals surface area contributed by atoms with Gasteiger partial charge in [0.2, 0.25) is 11.7 Å². The maximum atomic E-state index is 13.0.